The fourth-order valence-corrected chi connectivity index (χ4v) is 3.89. The van der Waals surface area contributed by atoms with E-state index in [1.54, 1.807) is 0 Å². The molecular weight excluding hydrogens is 460 g/mol. The zero-order valence-electron chi connectivity index (χ0n) is 21.2. The van der Waals surface area contributed by atoms with E-state index in [9.17, 15) is 24.3 Å². The maximum Gasteiger partial charge on any atom is 0.309 e. The molecular formula is C25H36O10. The van der Waals surface area contributed by atoms with Crippen LogP contribution in [0.15, 0.2) is 23.5 Å². The van der Waals surface area contributed by atoms with Gasteiger partial charge in [0, 0.05) is 32.3 Å². The Morgan fingerprint density at radius 1 is 1.03 bits per heavy atom. The molecule has 0 unspecified atom stereocenters. The summed E-state index contributed by atoms with van der Waals surface area (Å²) in [5.74, 6) is -3.26. The summed E-state index contributed by atoms with van der Waals surface area (Å²) >= 11 is 0. The first-order valence-electron chi connectivity index (χ1n) is 11.8. The van der Waals surface area contributed by atoms with Gasteiger partial charge in [-0.15, -0.1) is 0 Å². The molecule has 0 aromatic heterocycles. The second-order valence-corrected chi connectivity index (χ2v) is 9.51. The van der Waals surface area contributed by atoms with E-state index in [-0.39, 0.29) is 31.3 Å². The number of rotatable bonds is 11. The van der Waals surface area contributed by atoms with E-state index in [1.807, 2.05) is 27.7 Å². The van der Waals surface area contributed by atoms with Crippen LogP contribution in [0.3, 0.4) is 0 Å². The summed E-state index contributed by atoms with van der Waals surface area (Å²) in [5, 5.41) is 11.8. The fraction of sp³-hybridized carbons (Fsp3) is 0.680. The second kappa shape index (κ2) is 12.2. The third kappa shape index (κ3) is 7.55. The predicted molar refractivity (Wildman–Crippen MR) is 122 cm³/mol. The van der Waals surface area contributed by atoms with Crippen molar-refractivity contribution in [3.8, 4) is 0 Å². The maximum atomic E-state index is 12.6. The van der Waals surface area contributed by atoms with Crippen LogP contribution in [-0.4, -0.2) is 60.2 Å². The molecule has 196 valence electrons. The van der Waals surface area contributed by atoms with Gasteiger partial charge in [0.2, 0.25) is 0 Å². The van der Waals surface area contributed by atoms with E-state index in [4.69, 9.17) is 23.7 Å². The Balaban J connectivity index is 2.44. The summed E-state index contributed by atoms with van der Waals surface area (Å²) in [6, 6.07) is 0. The smallest absolute Gasteiger partial charge is 0.309 e. The van der Waals surface area contributed by atoms with Gasteiger partial charge in [0.15, 0.2) is 11.7 Å². The van der Waals surface area contributed by atoms with Crippen molar-refractivity contribution in [2.75, 3.05) is 13.2 Å². The number of ether oxygens (including phenoxy) is 5. The fourth-order valence-electron chi connectivity index (χ4n) is 3.89. The Bertz CT molecular complexity index is 873. The third-order valence-electron chi connectivity index (χ3n) is 5.92. The molecule has 1 N–H and O–H groups in total. The Kier molecular flexibility index (Phi) is 9.88. The van der Waals surface area contributed by atoms with E-state index >= 15 is 0 Å². The largest absolute Gasteiger partial charge is 0.463 e. The van der Waals surface area contributed by atoms with Crippen LogP contribution in [0.5, 0.6) is 0 Å². The van der Waals surface area contributed by atoms with Crippen molar-refractivity contribution in [1.29, 1.82) is 0 Å². The molecule has 5 atom stereocenters. The minimum atomic E-state index is -2.00. The molecule has 0 amide bonds. The summed E-state index contributed by atoms with van der Waals surface area (Å²) < 4.78 is 27.0. The van der Waals surface area contributed by atoms with Crippen LogP contribution in [0.1, 0.15) is 60.8 Å². The highest BCUT2D eigenvalue weighted by atomic mass is 16.7. The maximum absolute atomic E-state index is 12.6. The first kappa shape index (κ1) is 28.4. The normalized spacial score (nSPS) is 26.0. The summed E-state index contributed by atoms with van der Waals surface area (Å²) in [4.78, 5) is 48.0. The van der Waals surface area contributed by atoms with Gasteiger partial charge < -0.3 is 28.8 Å². The molecule has 1 aliphatic carbocycles. The summed E-state index contributed by atoms with van der Waals surface area (Å²) in [7, 11) is 0. The number of aliphatic hydroxyl groups is 1. The molecule has 35 heavy (non-hydrogen) atoms. The number of hydrogen-bond donors (Lipinski definition) is 1. The highest BCUT2D eigenvalue weighted by Gasteiger charge is 2.59. The molecule has 0 spiro atoms. The van der Waals surface area contributed by atoms with E-state index in [2.05, 4.69) is 0 Å². The lowest BCUT2D eigenvalue weighted by atomic mass is 9.82. The number of esters is 4. The average Bonchev–Trinajstić information content (AvgIpc) is 3.03. The topological polar surface area (TPSA) is 135 Å². The van der Waals surface area contributed by atoms with E-state index < -0.39 is 54.4 Å². The molecule has 0 saturated heterocycles. The van der Waals surface area contributed by atoms with Crippen molar-refractivity contribution in [1.82, 2.24) is 0 Å². The van der Waals surface area contributed by atoms with Gasteiger partial charge in [-0.1, -0.05) is 34.1 Å². The molecule has 0 aromatic carbocycles. The number of fused-ring (bicyclic) bond motifs is 1. The first-order chi connectivity index (χ1) is 16.4. The van der Waals surface area contributed by atoms with E-state index in [1.165, 1.54) is 26.2 Å². The van der Waals surface area contributed by atoms with Crippen LogP contribution in [-0.2, 0) is 42.9 Å². The van der Waals surface area contributed by atoms with Gasteiger partial charge in [0.25, 0.3) is 6.29 Å². The summed E-state index contributed by atoms with van der Waals surface area (Å²) in [5.41, 5.74) is -1.19. The number of hydrogen-bond acceptors (Lipinski definition) is 10. The van der Waals surface area contributed by atoms with Gasteiger partial charge in [-0.25, -0.2) is 0 Å². The van der Waals surface area contributed by atoms with Gasteiger partial charge in [-0.2, -0.15) is 0 Å². The highest BCUT2D eigenvalue weighted by molar-refractivity contribution is 5.71. The predicted octanol–water partition coefficient (Wildman–Crippen LogP) is 2.58. The minimum absolute atomic E-state index is 0.0115. The Labute approximate surface area is 205 Å². The molecule has 1 aliphatic heterocycles. The van der Waals surface area contributed by atoms with Crippen molar-refractivity contribution >= 4 is 23.9 Å². The molecule has 0 aromatic rings. The van der Waals surface area contributed by atoms with Crippen LogP contribution in [0, 0.1) is 17.8 Å². The Morgan fingerprint density at radius 3 is 2.23 bits per heavy atom. The van der Waals surface area contributed by atoms with Crippen molar-refractivity contribution in [3.05, 3.63) is 23.5 Å². The standard InChI is InChI=1S/C25H36O10/c1-7-15(4)9-22(29)35-24-23-19(18(12-32-24)11-31-16(5)26)10-20(34-21(28)8-14(2)3)25(23,30)13-33-17(6)27/h10,12,14-15,20,23-24,30H,7-9,11,13H2,1-6H3/t15-,20-,23+,24-,25+/m0/s1. The lowest BCUT2D eigenvalue weighted by Crippen LogP contribution is -2.55. The van der Waals surface area contributed by atoms with Gasteiger partial charge in [-0.3, -0.25) is 19.2 Å². The first-order valence-corrected chi connectivity index (χ1v) is 11.8. The Hall–Kier alpha value is -2.88. The summed E-state index contributed by atoms with van der Waals surface area (Å²) in [6.45, 7) is 9.25. The third-order valence-corrected chi connectivity index (χ3v) is 5.92. The van der Waals surface area contributed by atoms with Gasteiger partial charge in [-0.05, 0) is 23.5 Å². The van der Waals surface area contributed by atoms with Crippen molar-refractivity contribution in [2.24, 2.45) is 17.8 Å². The highest BCUT2D eigenvalue weighted by Crippen LogP contribution is 2.47. The lowest BCUT2D eigenvalue weighted by molar-refractivity contribution is -0.217. The van der Waals surface area contributed by atoms with Crippen LogP contribution >= 0.6 is 0 Å². The Morgan fingerprint density at radius 2 is 1.66 bits per heavy atom. The number of carbonyl (C=O) groups excluding carboxylic acids is 4. The zero-order chi connectivity index (χ0) is 26.3. The van der Waals surface area contributed by atoms with Crippen LogP contribution < -0.4 is 0 Å². The SMILES string of the molecule is CC[C@H](C)CC(=O)O[C@@H]1OC=C(COC(C)=O)C2=C[C@H](OC(=O)CC(C)C)[C@](O)(COC(C)=O)[C@H]21. The van der Waals surface area contributed by atoms with Crippen LogP contribution in [0.2, 0.25) is 0 Å². The van der Waals surface area contributed by atoms with Crippen molar-refractivity contribution in [2.45, 2.75) is 78.8 Å². The molecule has 10 heteroatoms. The molecule has 10 nitrogen and oxygen atoms in total. The quantitative estimate of drug-likeness (QED) is 0.336. The van der Waals surface area contributed by atoms with Crippen LogP contribution in [0.25, 0.3) is 0 Å². The molecule has 2 rings (SSSR count). The second-order valence-electron chi connectivity index (χ2n) is 9.51. The summed E-state index contributed by atoms with van der Waals surface area (Å²) in [6.07, 6.45) is 1.29. The lowest BCUT2D eigenvalue weighted by Gasteiger charge is -2.40. The van der Waals surface area contributed by atoms with E-state index in [0.717, 1.165) is 6.42 Å². The zero-order valence-corrected chi connectivity index (χ0v) is 21.2. The average molecular weight is 497 g/mol. The van der Waals surface area contributed by atoms with E-state index in [0.29, 0.717) is 11.1 Å². The van der Waals surface area contributed by atoms with Gasteiger partial charge in [0.05, 0.1) is 12.2 Å². The molecule has 0 saturated carbocycles. The van der Waals surface area contributed by atoms with Gasteiger partial charge in [0.1, 0.15) is 13.2 Å². The molecule has 0 radical (unpaired) electrons. The minimum Gasteiger partial charge on any atom is -0.463 e. The molecule has 1 heterocycles. The van der Waals surface area contributed by atoms with Gasteiger partial charge >= 0.3 is 23.9 Å². The molecule has 0 bridgehead atoms. The number of carbonyl (C=O) groups is 4. The van der Waals surface area contributed by atoms with Crippen LogP contribution in [0.4, 0.5) is 0 Å². The van der Waals surface area contributed by atoms with Crippen molar-refractivity contribution < 1.29 is 48.0 Å². The monoisotopic (exact) mass is 496 g/mol. The molecule has 0 fully saturated rings. The molecule has 2 aliphatic rings. The van der Waals surface area contributed by atoms with Crippen molar-refractivity contribution in [3.63, 3.8) is 0 Å².